The molecule has 0 N–H and O–H groups in total. The Morgan fingerprint density at radius 3 is 2.11 bits per heavy atom. The van der Waals surface area contributed by atoms with Crippen LogP contribution in [0.3, 0.4) is 0 Å². The zero-order valence-electron chi connectivity index (χ0n) is 22.1. The van der Waals surface area contributed by atoms with Crippen LogP contribution in [0.2, 0.25) is 0 Å². The minimum absolute atomic E-state index is 0.108. The molecule has 0 spiro atoms. The Labute approximate surface area is 209 Å². The number of hydrogen-bond acceptors (Lipinski definition) is 5. The second-order valence-corrected chi connectivity index (χ2v) is 10.5. The highest BCUT2D eigenvalue weighted by Gasteiger charge is 2.46. The maximum Gasteiger partial charge on any atom is 0.127 e. The number of hydrogen-bond donors (Lipinski definition) is 0. The Hall–Kier alpha value is -3.21. The van der Waals surface area contributed by atoms with Gasteiger partial charge in [0.25, 0.3) is 0 Å². The topological polar surface area (TPSA) is 37.8 Å². The molecule has 3 aromatic rings. The monoisotopic (exact) mass is 471 g/mol. The molecular formula is C30H37N3O2. The molecule has 35 heavy (non-hydrogen) atoms. The molecule has 5 heteroatoms. The van der Waals surface area contributed by atoms with Gasteiger partial charge >= 0.3 is 0 Å². The first-order chi connectivity index (χ1) is 16.7. The number of rotatable bonds is 4. The summed E-state index contributed by atoms with van der Waals surface area (Å²) in [5.41, 5.74) is 9.75. The standard InChI is InChI=1S/C30H37N3O2/c1-19-8-13-25(31-18-19)27-26-22(4)28(20(2)21(3)29(26)35-30(27,5)6)33-16-14-32(15-17-33)23-9-11-24(34-7)12-10-23/h8-13,18,27H,14-17H2,1-7H3. The van der Waals surface area contributed by atoms with Crippen LogP contribution >= 0.6 is 0 Å². The van der Waals surface area contributed by atoms with Crippen molar-refractivity contribution in [3.63, 3.8) is 0 Å². The minimum atomic E-state index is -0.349. The van der Waals surface area contributed by atoms with Crippen molar-refractivity contribution in [1.29, 1.82) is 0 Å². The van der Waals surface area contributed by atoms with Crippen molar-refractivity contribution in [3.8, 4) is 11.5 Å². The van der Waals surface area contributed by atoms with Gasteiger partial charge in [-0.3, -0.25) is 4.98 Å². The number of piperazine rings is 1. The number of aromatic nitrogens is 1. The van der Waals surface area contributed by atoms with Crippen LogP contribution in [0.15, 0.2) is 42.6 Å². The molecule has 1 atom stereocenters. The first-order valence-corrected chi connectivity index (χ1v) is 12.6. The fourth-order valence-electron chi connectivity index (χ4n) is 5.89. The van der Waals surface area contributed by atoms with Gasteiger partial charge in [-0.15, -0.1) is 0 Å². The average Bonchev–Trinajstić information content (AvgIpc) is 3.15. The van der Waals surface area contributed by atoms with Crippen molar-refractivity contribution in [2.45, 2.75) is 53.1 Å². The van der Waals surface area contributed by atoms with E-state index in [2.05, 4.69) is 75.6 Å². The lowest BCUT2D eigenvalue weighted by molar-refractivity contribution is 0.120. The number of pyridine rings is 1. The fourth-order valence-corrected chi connectivity index (χ4v) is 5.89. The van der Waals surface area contributed by atoms with E-state index in [9.17, 15) is 0 Å². The first-order valence-electron chi connectivity index (χ1n) is 12.6. The molecule has 1 aromatic heterocycles. The molecule has 1 unspecified atom stereocenters. The van der Waals surface area contributed by atoms with Crippen molar-refractivity contribution in [3.05, 3.63) is 76.1 Å². The fraction of sp³-hybridized carbons (Fsp3) is 0.433. The van der Waals surface area contributed by atoms with Gasteiger partial charge in [0, 0.05) is 49.3 Å². The summed E-state index contributed by atoms with van der Waals surface area (Å²) in [6.45, 7) is 17.2. The Morgan fingerprint density at radius 1 is 0.857 bits per heavy atom. The van der Waals surface area contributed by atoms with Crippen LogP contribution in [-0.2, 0) is 0 Å². The number of anilines is 2. The Morgan fingerprint density at radius 2 is 1.51 bits per heavy atom. The van der Waals surface area contributed by atoms with Crippen LogP contribution in [0.1, 0.15) is 53.3 Å². The van der Waals surface area contributed by atoms with Crippen molar-refractivity contribution >= 4 is 11.4 Å². The molecule has 0 aliphatic carbocycles. The third kappa shape index (κ3) is 4.01. The van der Waals surface area contributed by atoms with Gasteiger partial charge in [-0.05, 0) is 94.1 Å². The maximum absolute atomic E-state index is 6.64. The molecule has 2 aliphatic rings. The molecule has 184 valence electrons. The van der Waals surface area contributed by atoms with E-state index in [-0.39, 0.29) is 11.5 Å². The van der Waals surface area contributed by atoms with Crippen LogP contribution in [0.5, 0.6) is 11.5 Å². The van der Waals surface area contributed by atoms with Crippen LogP contribution in [0.25, 0.3) is 0 Å². The molecule has 1 fully saturated rings. The van der Waals surface area contributed by atoms with E-state index < -0.39 is 0 Å². The zero-order chi connectivity index (χ0) is 24.9. The molecule has 5 rings (SSSR count). The van der Waals surface area contributed by atoms with E-state index in [1.165, 1.54) is 39.2 Å². The summed E-state index contributed by atoms with van der Waals surface area (Å²) < 4.78 is 12.0. The van der Waals surface area contributed by atoms with E-state index in [4.69, 9.17) is 14.5 Å². The molecule has 2 aliphatic heterocycles. The number of methoxy groups -OCH3 is 1. The third-order valence-corrected chi connectivity index (χ3v) is 7.87. The molecule has 0 saturated carbocycles. The van der Waals surface area contributed by atoms with Crippen molar-refractivity contribution in [2.75, 3.05) is 43.1 Å². The second-order valence-electron chi connectivity index (χ2n) is 10.5. The Bertz CT molecular complexity index is 1220. The summed E-state index contributed by atoms with van der Waals surface area (Å²) in [5.74, 6) is 2.06. The molecule has 5 nitrogen and oxygen atoms in total. The van der Waals surface area contributed by atoms with Crippen LogP contribution in [-0.4, -0.2) is 43.9 Å². The normalized spacial score (nSPS) is 18.9. The molecule has 1 saturated heterocycles. The van der Waals surface area contributed by atoms with Gasteiger partial charge in [0.05, 0.1) is 18.7 Å². The summed E-state index contributed by atoms with van der Waals surface area (Å²) in [5, 5.41) is 0. The highest BCUT2D eigenvalue weighted by molar-refractivity contribution is 5.72. The minimum Gasteiger partial charge on any atom is -0.497 e. The van der Waals surface area contributed by atoms with Gasteiger partial charge in [0.15, 0.2) is 0 Å². The largest absolute Gasteiger partial charge is 0.497 e. The predicted octanol–water partition coefficient (Wildman–Crippen LogP) is 5.95. The summed E-state index contributed by atoms with van der Waals surface area (Å²) in [6, 6.07) is 12.7. The SMILES string of the molecule is COc1ccc(N2CCN(c3c(C)c(C)c4c(c3C)C(c3ccc(C)cn3)C(C)(C)O4)CC2)cc1. The molecular weight excluding hydrogens is 434 g/mol. The Balaban J connectivity index is 1.48. The molecule has 2 aromatic carbocycles. The summed E-state index contributed by atoms with van der Waals surface area (Å²) in [7, 11) is 1.71. The van der Waals surface area contributed by atoms with Gasteiger partial charge in [-0.25, -0.2) is 0 Å². The number of benzene rings is 2. The molecule has 0 bridgehead atoms. The quantitative estimate of drug-likeness (QED) is 0.470. The summed E-state index contributed by atoms with van der Waals surface area (Å²) in [4.78, 5) is 9.87. The van der Waals surface area contributed by atoms with Crippen LogP contribution < -0.4 is 19.3 Å². The zero-order valence-corrected chi connectivity index (χ0v) is 22.1. The molecule has 0 amide bonds. The number of ether oxygens (including phenoxy) is 2. The maximum atomic E-state index is 6.64. The lowest BCUT2D eigenvalue weighted by atomic mass is 9.80. The highest BCUT2D eigenvalue weighted by atomic mass is 16.5. The highest BCUT2D eigenvalue weighted by Crippen LogP contribution is 2.53. The van der Waals surface area contributed by atoms with Gasteiger partial charge in [0.2, 0.25) is 0 Å². The van der Waals surface area contributed by atoms with Gasteiger partial charge < -0.3 is 19.3 Å². The van der Waals surface area contributed by atoms with E-state index in [0.717, 1.165) is 43.4 Å². The van der Waals surface area contributed by atoms with Crippen LogP contribution in [0, 0.1) is 27.7 Å². The van der Waals surface area contributed by atoms with E-state index in [1.807, 2.05) is 18.3 Å². The number of aryl methyl sites for hydroxylation is 1. The van der Waals surface area contributed by atoms with E-state index in [0.29, 0.717) is 0 Å². The number of fused-ring (bicyclic) bond motifs is 1. The first kappa shape index (κ1) is 23.5. The van der Waals surface area contributed by atoms with Gasteiger partial charge in [0.1, 0.15) is 17.1 Å². The number of nitrogens with zero attached hydrogens (tertiary/aromatic N) is 3. The predicted molar refractivity (Wildman–Crippen MR) is 144 cm³/mol. The molecule has 3 heterocycles. The molecule has 0 radical (unpaired) electrons. The summed E-state index contributed by atoms with van der Waals surface area (Å²) >= 11 is 0. The van der Waals surface area contributed by atoms with Crippen molar-refractivity contribution in [1.82, 2.24) is 4.98 Å². The van der Waals surface area contributed by atoms with Crippen LogP contribution in [0.4, 0.5) is 11.4 Å². The smallest absolute Gasteiger partial charge is 0.127 e. The Kier molecular flexibility index (Phi) is 5.90. The van der Waals surface area contributed by atoms with Gasteiger partial charge in [-0.2, -0.15) is 0 Å². The average molecular weight is 472 g/mol. The summed E-state index contributed by atoms with van der Waals surface area (Å²) in [6.07, 6.45) is 1.97. The lowest BCUT2D eigenvalue weighted by Crippen LogP contribution is -2.47. The lowest BCUT2D eigenvalue weighted by Gasteiger charge is -2.39. The van der Waals surface area contributed by atoms with E-state index >= 15 is 0 Å². The second kappa shape index (κ2) is 8.78. The van der Waals surface area contributed by atoms with Gasteiger partial charge in [-0.1, -0.05) is 6.07 Å². The van der Waals surface area contributed by atoms with Crippen molar-refractivity contribution < 1.29 is 9.47 Å². The third-order valence-electron chi connectivity index (χ3n) is 7.87. The van der Waals surface area contributed by atoms with Crippen molar-refractivity contribution in [2.24, 2.45) is 0 Å². The van der Waals surface area contributed by atoms with E-state index in [1.54, 1.807) is 7.11 Å².